The number of ether oxygens (including phenoxy) is 1. The molecule has 0 spiro atoms. The number of piperidine rings is 1. The number of amides is 2. The van der Waals surface area contributed by atoms with Crippen LogP contribution in [0.15, 0.2) is 36.4 Å². The summed E-state index contributed by atoms with van der Waals surface area (Å²) in [6.07, 6.45) is 1.07. The monoisotopic (exact) mass is 383 g/mol. The van der Waals surface area contributed by atoms with Crippen LogP contribution in [0.5, 0.6) is 0 Å². The van der Waals surface area contributed by atoms with Crippen molar-refractivity contribution in [2.24, 2.45) is 0 Å². The Morgan fingerprint density at radius 2 is 1.82 bits per heavy atom. The van der Waals surface area contributed by atoms with E-state index in [9.17, 15) is 9.59 Å². The number of nitrogens with one attached hydrogen (secondary N) is 2. The van der Waals surface area contributed by atoms with E-state index in [0.717, 1.165) is 5.69 Å². The maximum atomic E-state index is 12.4. The topological polar surface area (TPSA) is 96.5 Å². The van der Waals surface area contributed by atoms with Crippen LogP contribution in [0.2, 0.25) is 0 Å². The molecule has 0 atom stereocenters. The molecule has 1 aromatic carbocycles. The SMILES string of the molecule is CCOC(=O)N1CCC(NC(=O)c2ccc(Nc3ccc(C)cc3)nn2)CC1. The molecule has 1 fully saturated rings. The van der Waals surface area contributed by atoms with E-state index in [-0.39, 0.29) is 23.7 Å². The summed E-state index contributed by atoms with van der Waals surface area (Å²) < 4.78 is 5.00. The minimum absolute atomic E-state index is 0.00494. The van der Waals surface area contributed by atoms with Crippen molar-refractivity contribution in [1.82, 2.24) is 20.4 Å². The molecule has 1 saturated heterocycles. The average molecular weight is 383 g/mol. The molecule has 1 aliphatic heterocycles. The fraction of sp³-hybridized carbons (Fsp3) is 0.400. The van der Waals surface area contributed by atoms with Gasteiger partial charge < -0.3 is 20.3 Å². The first-order valence-corrected chi connectivity index (χ1v) is 9.45. The lowest BCUT2D eigenvalue weighted by Gasteiger charge is -2.31. The Hall–Kier alpha value is -3.16. The van der Waals surface area contributed by atoms with Crippen molar-refractivity contribution >= 4 is 23.5 Å². The van der Waals surface area contributed by atoms with E-state index in [1.54, 1.807) is 24.0 Å². The predicted octanol–water partition coefficient (Wildman–Crippen LogP) is 2.88. The Morgan fingerprint density at radius 3 is 2.43 bits per heavy atom. The van der Waals surface area contributed by atoms with Gasteiger partial charge in [0.05, 0.1) is 6.61 Å². The van der Waals surface area contributed by atoms with Crippen molar-refractivity contribution in [3.63, 3.8) is 0 Å². The molecular formula is C20H25N5O3. The van der Waals surface area contributed by atoms with Crippen LogP contribution in [0.25, 0.3) is 0 Å². The number of nitrogens with zero attached hydrogens (tertiary/aromatic N) is 3. The summed E-state index contributed by atoms with van der Waals surface area (Å²) in [7, 11) is 0. The second-order valence-electron chi connectivity index (χ2n) is 6.73. The van der Waals surface area contributed by atoms with Gasteiger partial charge in [-0.1, -0.05) is 17.7 Å². The van der Waals surface area contributed by atoms with Crippen molar-refractivity contribution in [2.45, 2.75) is 32.7 Å². The van der Waals surface area contributed by atoms with Crippen molar-refractivity contribution < 1.29 is 14.3 Å². The number of hydrogen-bond acceptors (Lipinski definition) is 6. The fourth-order valence-electron chi connectivity index (χ4n) is 2.99. The second kappa shape index (κ2) is 9.16. The zero-order chi connectivity index (χ0) is 19.9. The number of rotatable bonds is 5. The number of carbonyl (C=O) groups excluding carboxylic acids is 2. The Kier molecular flexibility index (Phi) is 6.41. The number of anilines is 2. The van der Waals surface area contributed by atoms with Gasteiger partial charge in [-0.3, -0.25) is 4.79 Å². The summed E-state index contributed by atoms with van der Waals surface area (Å²) in [5, 5.41) is 14.2. The Morgan fingerprint density at radius 1 is 1.11 bits per heavy atom. The summed E-state index contributed by atoms with van der Waals surface area (Å²) in [6, 6.07) is 11.3. The van der Waals surface area contributed by atoms with Crippen LogP contribution >= 0.6 is 0 Å². The van der Waals surface area contributed by atoms with Gasteiger partial charge in [0, 0.05) is 24.8 Å². The summed E-state index contributed by atoms with van der Waals surface area (Å²) in [4.78, 5) is 25.8. The molecule has 0 radical (unpaired) electrons. The first kappa shape index (κ1) is 19.6. The van der Waals surface area contributed by atoms with Crippen LogP contribution in [0.4, 0.5) is 16.3 Å². The van der Waals surface area contributed by atoms with Gasteiger partial charge in [-0.15, -0.1) is 10.2 Å². The van der Waals surface area contributed by atoms with Gasteiger partial charge in [-0.25, -0.2) is 4.79 Å². The maximum Gasteiger partial charge on any atom is 0.409 e. The normalized spacial score (nSPS) is 14.4. The fourth-order valence-corrected chi connectivity index (χ4v) is 2.99. The smallest absolute Gasteiger partial charge is 0.409 e. The highest BCUT2D eigenvalue weighted by molar-refractivity contribution is 5.92. The highest BCUT2D eigenvalue weighted by atomic mass is 16.6. The maximum absolute atomic E-state index is 12.4. The molecule has 2 heterocycles. The van der Waals surface area contributed by atoms with E-state index >= 15 is 0 Å². The predicted molar refractivity (Wildman–Crippen MR) is 106 cm³/mol. The van der Waals surface area contributed by atoms with Gasteiger partial charge in [0.25, 0.3) is 5.91 Å². The van der Waals surface area contributed by atoms with Crippen LogP contribution in [0, 0.1) is 6.92 Å². The van der Waals surface area contributed by atoms with Crippen LogP contribution in [0.3, 0.4) is 0 Å². The van der Waals surface area contributed by atoms with E-state index in [4.69, 9.17) is 4.74 Å². The lowest BCUT2D eigenvalue weighted by Crippen LogP contribution is -2.46. The van der Waals surface area contributed by atoms with E-state index < -0.39 is 0 Å². The minimum atomic E-state index is -0.296. The zero-order valence-corrected chi connectivity index (χ0v) is 16.1. The average Bonchev–Trinajstić information content (AvgIpc) is 2.71. The number of likely N-dealkylation sites (tertiary alicyclic amines) is 1. The van der Waals surface area contributed by atoms with Gasteiger partial charge >= 0.3 is 6.09 Å². The molecule has 2 N–H and O–H groups in total. The van der Waals surface area contributed by atoms with Crippen molar-refractivity contribution in [2.75, 3.05) is 25.0 Å². The number of carbonyl (C=O) groups is 2. The first-order chi connectivity index (χ1) is 13.5. The van der Waals surface area contributed by atoms with Crippen molar-refractivity contribution in [3.05, 3.63) is 47.7 Å². The van der Waals surface area contributed by atoms with Crippen LogP contribution < -0.4 is 10.6 Å². The molecule has 1 aromatic heterocycles. The van der Waals surface area contributed by atoms with E-state index in [1.807, 2.05) is 31.2 Å². The first-order valence-electron chi connectivity index (χ1n) is 9.45. The third-order valence-electron chi connectivity index (χ3n) is 4.58. The number of benzene rings is 1. The highest BCUT2D eigenvalue weighted by Gasteiger charge is 2.25. The van der Waals surface area contributed by atoms with Crippen LogP contribution in [-0.4, -0.2) is 52.8 Å². The van der Waals surface area contributed by atoms with E-state index in [0.29, 0.717) is 38.4 Å². The molecule has 3 rings (SSSR count). The zero-order valence-electron chi connectivity index (χ0n) is 16.1. The number of aromatic nitrogens is 2. The summed E-state index contributed by atoms with van der Waals surface area (Å²) in [5.74, 6) is 0.312. The summed E-state index contributed by atoms with van der Waals surface area (Å²) in [5.41, 5.74) is 2.35. The number of hydrogen-bond donors (Lipinski definition) is 2. The third-order valence-corrected chi connectivity index (χ3v) is 4.58. The quantitative estimate of drug-likeness (QED) is 0.824. The second-order valence-corrected chi connectivity index (χ2v) is 6.73. The third kappa shape index (κ3) is 5.18. The molecular weight excluding hydrogens is 358 g/mol. The Bertz CT molecular complexity index is 800. The largest absolute Gasteiger partial charge is 0.450 e. The lowest BCUT2D eigenvalue weighted by atomic mass is 10.1. The highest BCUT2D eigenvalue weighted by Crippen LogP contribution is 2.15. The molecule has 2 aromatic rings. The standard InChI is InChI=1S/C20H25N5O3/c1-3-28-20(27)25-12-10-16(11-13-25)22-19(26)17-8-9-18(24-23-17)21-15-6-4-14(2)5-7-15/h4-9,16H,3,10-13H2,1-2H3,(H,21,24)(H,22,26). The van der Waals surface area contributed by atoms with Crippen molar-refractivity contribution in [3.8, 4) is 0 Å². The molecule has 0 saturated carbocycles. The van der Waals surface area contributed by atoms with Gasteiger partial charge in [0.15, 0.2) is 11.5 Å². The molecule has 8 heteroatoms. The Balaban J connectivity index is 1.50. The van der Waals surface area contributed by atoms with Gasteiger partial charge in [-0.2, -0.15) is 0 Å². The molecule has 0 bridgehead atoms. The lowest BCUT2D eigenvalue weighted by molar-refractivity contribution is 0.0856. The van der Waals surface area contributed by atoms with Crippen molar-refractivity contribution in [1.29, 1.82) is 0 Å². The molecule has 0 unspecified atom stereocenters. The van der Waals surface area contributed by atoms with Crippen LogP contribution in [-0.2, 0) is 4.74 Å². The van der Waals surface area contributed by atoms with Gasteiger partial charge in [0.2, 0.25) is 0 Å². The Labute approximate surface area is 164 Å². The molecule has 28 heavy (non-hydrogen) atoms. The van der Waals surface area contributed by atoms with Crippen LogP contribution in [0.1, 0.15) is 35.8 Å². The summed E-state index contributed by atoms with van der Waals surface area (Å²) in [6.45, 7) is 5.30. The van der Waals surface area contributed by atoms with Gasteiger partial charge in [0.1, 0.15) is 0 Å². The molecule has 8 nitrogen and oxygen atoms in total. The molecule has 148 valence electrons. The molecule has 0 aliphatic carbocycles. The molecule has 1 aliphatic rings. The van der Waals surface area contributed by atoms with Gasteiger partial charge in [-0.05, 0) is 51.0 Å². The minimum Gasteiger partial charge on any atom is -0.450 e. The molecule has 2 amide bonds. The summed E-state index contributed by atoms with van der Waals surface area (Å²) >= 11 is 0. The van der Waals surface area contributed by atoms with E-state index in [2.05, 4.69) is 20.8 Å². The van der Waals surface area contributed by atoms with E-state index in [1.165, 1.54) is 5.56 Å². The number of aryl methyl sites for hydroxylation is 1.